The Labute approximate surface area is 129 Å². The molecule has 1 amide bonds. The third-order valence-electron chi connectivity index (χ3n) is 4.00. The molecule has 0 aromatic heterocycles. The van der Waals surface area contributed by atoms with Gasteiger partial charge in [0.15, 0.2) is 5.60 Å². The molecular weight excluding hydrogens is 317 g/mol. The van der Waals surface area contributed by atoms with Crippen molar-refractivity contribution in [3.63, 3.8) is 0 Å². The number of nitro groups is 1. The number of carbonyl (C=O) groups excluding carboxylic acids is 1. The number of carbonyl (C=O) groups is 1. The van der Waals surface area contributed by atoms with E-state index in [1.807, 2.05) is 0 Å². The minimum Gasteiger partial charge on any atom is -0.380 e. The van der Waals surface area contributed by atoms with Crippen molar-refractivity contribution in [1.82, 2.24) is 4.90 Å². The van der Waals surface area contributed by atoms with Gasteiger partial charge in [-0.25, -0.2) is 0 Å². The lowest BCUT2D eigenvalue weighted by Gasteiger charge is -2.39. The Kier molecular flexibility index (Phi) is 4.60. The van der Waals surface area contributed by atoms with Crippen LogP contribution in [0.4, 0.5) is 18.9 Å². The highest BCUT2D eigenvalue weighted by molar-refractivity contribution is 5.80. The Hall–Kier alpha value is -2.16. The second kappa shape index (κ2) is 6.15. The molecule has 1 heterocycles. The minimum absolute atomic E-state index is 0.204. The van der Waals surface area contributed by atoms with Gasteiger partial charge in [0.25, 0.3) is 5.69 Å². The number of piperidine rings is 1. The van der Waals surface area contributed by atoms with Crippen molar-refractivity contribution >= 4 is 11.6 Å². The molecule has 0 bridgehead atoms. The highest BCUT2D eigenvalue weighted by Crippen LogP contribution is 2.38. The number of nitrogens with zero attached hydrogens (tertiary/aromatic N) is 2. The summed E-state index contributed by atoms with van der Waals surface area (Å²) in [6, 6.07) is 5.72. The minimum atomic E-state index is -4.74. The van der Waals surface area contributed by atoms with Crippen LogP contribution < -0.4 is 0 Å². The van der Waals surface area contributed by atoms with E-state index in [1.165, 1.54) is 23.1 Å². The van der Waals surface area contributed by atoms with Crippen LogP contribution in [0.3, 0.4) is 0 Å². The van der Waals surface area contributed by atoms with E-state index in [9.17, 15) is 33.2 Å². The SMILES string of the molecule is O=C(Cc1ccccc1[N+](=O)[O-])N1CCC(O)(C(F)(F)F)CC1. The summed E-state index contributed by atoms with van der Waals surface area (Å²) in [4.78, 5) is 23.6. The van der Waals surface area contributed by atoms with Crippen LogP contribution in [0.25, 0.3) is 0 Å². The molecule has 1 aliphatic rings. The number of alkyl halides is 3. The first-order valence-corrected chi connectivity index (χ1v) is 6.93. The van der Waals surface area contributed by atoms with Gasteiger partial charge in [-0.1, -0.05) is 18.2 Å². The Morgan fingerprint density at radius 3 is 2.39 bits per heavy atom. The highest BCUT2D eigenvalue weighted by Gasteiger charge is 2.54. The summed E-state index contributed by atoms with van der Waals surface area (Å²) in [5, 5.41) is 20.5. The number of rotatable bonds is 3. The predicted molar refractivity (Wildman–Crippen MR) is 73.6 cm³/mol. The van der Waals surface area contributed by atoms with Crippen LogP contribution in [0.1, 0.15) is 18.4 Å². The highest BCUT2D eigenvalue weighted by atomic mass is 19.4. The molecule has 1 aliphatic heterocycles. The third kappa shape index (κ3) is 3.61. The molecule has 0 radical (unpaired) electrons. The molecule has 1 N–H and O–H groups in total. The maximum Gasteiger partial charge on any atom is 0.417 e. The van der Waals surface area contributed by atoms with Gasteiger partial charge in [0, 0.05) is 37.6 Å². The van der Waals surface area contributed by atoms with Gasteiger partial charge < -0.3 is 10.0 Å². The molecule has 23 heavy (non-hydrogen) atoms. The molecule has 0 aliphatic carbocycles. The van der Waals surface area contributed by atoms with Crippen LogP contribution in [-0.4, -0.2) is 45.7 Å². The van der Waals surface area contributed by atoms with Gasteiger partial charge in [0.1, 0.15) is 0 Å². The first-order valence-electron chi connectivity index (χ1n) is 6.93. The average molecular weight is 332 g/mol. The van der Waals surface area contributed by atoms with Crippen molar-refractivity contribution in [1.29, 1.82) is 0 Å². The lowest BCUT2D eigenvalue weighted by Crippen LogP contribution is -2.54. The second-order valence-electron chi connectivity index (χ2n) is 5.47. The van der Waals surface area contributed by atoms with Gasteiger partial charge in [-0.05, 0) is 0 Å². The fourth-order valence-corrected chi connectivity index (χ4v) is 2.52. The predicted octanol–water partition coefficient (Wildman–Crippen LogP) is 2.05. The van der Waals surface area contributed by atoms with E-state index in [4.69, 9.17) is 0 Å². The Balaban J connectivity index is 2.03. The number of likely N-dealkylation sites (tertiary alicyclic amines) is 1. The van der Waals surface area contributed by atoms with Gasteiger partial charge in [-0.2, -0.15) is 13.2 Å². The lowest BCUT2D eigenvalue weighted by molar-refractivity contribution is -0.385. The Morgan fingerprint density at radius 1 is 1.30 bits per heavy atom. The molecule has 0 unspecified atom stereocenters. The zero-order valence-corrected chi connectivity index (χ0v) is 12.0. The molecule has 0 spiro atoms. The van der Waals surface area contributed by atoms with Gasteiger partial charge in [0.05, 0.1) is 11.3 Å². The van der Waals surface area contributed by atoms with Crippen LogP contribution in [0.5, 0.6) is 0 Å². The molecule has 1 aromatic rings. The monoisotopic (exact) mass is 332 g/mol. The van der Waals surface area contributed by atoms with E-state index < -0.39 is 35.4 Å². The molecule has 1 aromatic carbocycles. The van der Waals surface area contributed by atoms with Crippen molar-refractivity contribution in [2.75, 3.05) is 13.1 Å². The zero-order valence-electron chi connectivity index (χ0n) is 12.0. The number of para-hydroxylation sites is 1. The summed E-state index contributed by atoms with van der Waals surface area (Å²) in [5.41, 5.74) is -2.77. The molecule has 0 saturated carbocycles. The van der Waals surface area contributed by atoms with E-state index >= 15 is 0 Å². The molecule has 0 atom stereocenters. The summed E-state index contributed by atoms with van der Waals surface area (Å²) < 4.78 is 38.1. The van der Waals surface area contributed by atoms with Crippen LogP contribution in [0.2, 0.25) is 0 Å². The van der Waals surface area contributed by atoms with E-state index in [0.717, 1.165) is 0 Å². The topological polar surface area (TPSA) is 83.7 Å². The van der Waals surface area contributed by atoms with Crippen molar-refractivity contribution < 1.29 is 28.0 Å². The lowest BCUT2D eigenvalue weighted by atomic mass is 9.90. The van der Waals surface area contributed by atoms with Gasteiger partial charge in [0.2, 0.25) is 5.91 Å². The smallest absolute Gasteiger partial charge is 0.380 e. The number of benzene rings is 1. The number of halogens is 3. The van der Waals surface area contributed by atoms with Crippen molar-refractivity contribution in [2.24, 2.45) is 0 Å². The summed E-state index contributed by atoms with van der Waals surface area (Å²) in [5.74, 6) is -0.497. The zero-order chi connectivity index (χ0) is 17.3. The van der Waals surface area contributed by atoms with Crippen LogP contribution in [0, 0.1) is 10.1 Å². The van der Waals surface area contributed by atoms with Crippen LogP contribution >= 0.6 is 0 Å². The standard InChI is InChI=1S/C14H15F3N2O4/c15-14(16,17)13(21)5-7-18(8-6-13)12(20)9-10-3-1-2-4-11(10)19(22)23/h1-4,21H,5-9H2. The molecule has 1 fully saturated rings. The summed E-state index contributed by atoms with van der Waals surface area (Å²) in [6.45, 7) is -0.481. The molecule has 126 valence electrons. The number of hydrogen-bond donors (Lipinski definition) is 1. The van der Waals surface area contributed by atoms with Crippen molar-refractivity contribution in [3.05, 3.63) is 39.9 Å². The molecule has 6 nitrogen and oxygen atoms in total. The van der Waals surface area contributed by atoms with E-state index in [0.29, 0.717) is 0 Å². The summed E-state index contributed by atoms with van der Waals surface area (Å²) >= 11 is 0. The molecular formula is C14H15F3N2O4. The van der Waals surface area contributed by atoms with Crippen LogP contribution in [-0.2, 0) is 11.2 Å². The molecule has 2 rings (SSSR count). The quantitative estimate of drug-likeness (QED) is 0.678. The fourth-order valence-electron chi connectivity index (χ4n) is 2.52. The second-order valence-corrected chi connectivity index (χ2v) is 5.47. The van der Waals surface area contributed by atoms with E-state index in [1.54, 1.807) is 6.07 Å². The van der Waals surface area contributed by atoms with Gasteiger partial charge in [-0.15, -0.1) is 0 Å². The average Bonchev–Trinajstić information content (AvgIpc) is 2.47. The molecule has 9 heteroatoms. The Bertz CT molecular complexity index is 610. The third-order valence-corrected chi connectivity index (χ3v) is 4.00. The molecule has 1 saturated heterocycles. The van der Waals surface area contributed by atoms with E-state index in [2.05, 4.69) is 0 Å². The van der Waals surface area contributed by atoms with Crippen molar-refractivity contribution in [3.8, 4) is 0 Å². The largest absolute Gasteiger partial charge is 0.417 e. The number of hydrogen-bond acceptors (Lipinski definition) is 4. The van der Waals surface area contributed by atoms with Gasteiger partial charge >= 0.3 is 6.18 Å². The van der Waals surface area contributed by atoms with E-state index in [-0.39, 0.29) is 30.8 Å². The maximum atomic E-state index is 12.7. The van der Waals surface area contributed by atoms with Crippen LogP contribution in [0.15, 0.2) is 24.3 Å². The maximum absolute atomic E-state index is 12.7. The summed E-state index contributed by atoms with van der Waals surface area (Å²) in [6.07, 6.45) is -6.19. The Morgan fingerprint density at radius 2 is 1.87 bits per heavy atom. The number of aliphatic hydroxyl groups is 1. The van der Waals surface area contributed by atoms with Gasteiger partial charge in [-0.3, -0.25) is 14.9 Å². The summed E-state index contributed by atoms with van der Waals surface area (Å²) in [7, 11) is 0. The number of amides is 1. The fraction of sp³-hybridized carbons (Fsp3) is 0.500. The normalized spacial score (nSPS) is 17.8. The van der Waals surface area contributed by atoms with Crippen molar-refractivity contribution in [2.45, 2.75) is 31.0 Å². The number of nitro benzene ring substituents is 1. The first-order chi connectivity index (χ1) is 10.6. The first kappa shape index (κ1) is 17.2.